The van der Waals surface area contributed by atoms with E-state index in [1.165, 1.54) is 29.9 Å². The van der Waals surface area contributed by atoms with Gasteiger partial charge in [-0.25, -0.2) is 4.99 Å². The van der Waals surface area contributed by atoms with Crippen molar-refractivity contribution < 1.29 is 0 Å². The number of thiol groups is 1. The van der Waals surface area contributed by atoms with Crippen molar-refractivity contribution in [3.63, 3.8) is 0 Å². The molecule has 0 saturated heterocycles. The number of hydrogen-bond donors (Lipinski definition) is 1. The van der Waals surface area contributed by atoms with E-state index in [0.717, 1.165) is 5.69 Å². The summed E-state index contributed by atoms with van der Waals surface area (Å²) in [5.41, 5.74) is 3.16. The first kappa shape index (κ1) is 12.4. The molecule has 1 aliphatic heterocycles. The van der Waals surface area contributed by atoms with Crippen molar-refractivity contribution in [2.24, 2.45) is 4.99 Å². The third-order valence-corrected chi connectivity index (χ3v) is 8.90. The van der Waals surface area contributed by atoms with Crippen molar-refractivity contribution >= 4 is 41.8 Å². The van der Waals surface area contributed by atoms with E-state index in [1.807, 2.05) is 16.9 Å². The second-order valence-electron chi connectivity index (χ2n) is 3.80. The fraction of sp³-hybridized carbons (Fsp3) is 0.417. The Kier molecular flexibility index (Phi) is 4.27. The Labute approximate surface area is 108 Å². The number of aliphatic imine (C=N–C) groups is 1. The maximum Gasteiger partial charge on any atom is 0.0775 e. The Morgan fingerprint density at radius 2 is 2.12 bits per heavy atom. The van der Waals surface area contributed by atoms with Crippen molar-refractivity contribution in [1.82, 2.24) is 0 Å². The summed E-state index contributed by atoms with van der Waals surface area (Å²) in [7, 11) is 0.843. The van der Waals surface area contributed by atoms with Gasteiger partial charge in [-0.15, -0.1) is 11.7 Å². The normalized spacial score (nSPS) is 26.4. The number of rotatable bonds is 5. The average molecular weight is 271 g/mol. The fourth-order valence-corrected chi connectivity index (χ4v) is 6.96. The van der Waals surface area contributed by atoms with Gasteiger partial charge in [0, 0.05) is 10.6 Å². The van der Waals surface area contributed by atoms with Crippen molar-refractivity contribution in [2.75, 3.05) is 5.75 Å². The minimum atomic E-state index is -1.12. The summed E-state index contributed by atoms with van der Waals surface area (Å²) in [4.78, 5) is 5.79. The predicted octanol–water partition coefficient (Wildman–Crippen LogP) is 5.21. The highest BCUT2D eigenvalue weighted by Gasteiger charge is 2.27. The summed E-state index contributed by atoms with van der Waals surface area (Å²) in [6.45, 7) is 2.24. The monoisotopic (exact) mass is 271 g/mol. The zero-order chi connectivity index (χ0) is 11.4. The number of para-hydroxylation sites is 1. The lowest BCUT2D eigenvalue weighted by atomic mass is 10.3. The van der Waals surface area contributed by atoms with E-state index in [1.54, 1.807) is 0 Å². The number of hydrogen-bond acceptors (Lipinski definition) is 3. The summed E-state index contributed by atoms with van der Waals surface area (Å²) in [6.07, 6.45) is 3.88. The molecule has 0 aliphatic carbocycles. The van der Waals surface area contributed by atoms with Crippen LogP contribution in [-0.2, 0) is 0 Å². The van der Waals surface area contributed by atoms with Crippen LogP contribution in [-0.4, -0.2) is 11.3 Å². The first-order chi connectivity index (χ1) is 7.76. The van der Waals surface area contributed by atoms with Crippen LogP contribution in [0.5, 0.6) is 0 Å². The molecule has 0 aromatic heterocycles. The topological polar surface area (TPSA) is 12.4 Å². The summed E-state index contributed by atoms with van der Waals surface area (Å²) in [5.74, 6) is 1.19. The van der Waals surface area contributed by atoms with Crippen LogP contribution in [0.15, 0.2) is 34.2 Å². The third-order valence-electron chi connectivity index (χ3n) is 2.53. The number of benzene rings is 1. The molecule has 1 heterocycles. The van der Waals surface area contributed by atoms with Gasteiger partial charge < -0.3 is 0 Å². The summed E-state index contributed by atoms with van der Waals surface area (Å²) in [6, 6.07) is 8.36. The molecule has 1 atom stereocenters. The molecule has 0 bridgehead atoms. The Balaban J connectivity index is 2.02. The molecule has 0 radical (unpaired) electrons. The lowest BCUT2D eigenvalue weighted by Crippen LogP contribution is -1.87. The van der Waals surface area contributed by atoms with Crippen LogP contribution in [0, 0.1) is 0 Å². The van der Waals surface area contributed by atoms with E-state index in [-0.39, 0.29) is 0 Å². The molecule has 0 N–H and O–H groups in total. The highest BCUT2D eigenvalue weighted by molar-refractivity contribution is 9.26. The molecule has 1 aromatic carbocycles. The Hall–Kier alpha value is -0.0600. The third kappa shape index (κ3) is 2.60. The highest BCUT2D eigenvalue weighted by Crippen LogP contribution is 2.72. The van der Waals surface area contributed by atoms with Crippen molar-refractivity contribution in [1.29, 1.82) is 0 Å². The first-order valence-corrected chi connectivity index (χ1v) is 9.84. The lowest BCUT2D eigenvalue weighted by Gasteiger charge is -2.26. The Morgan fingerprint density at radius 1 is 1.31 bits per heavy atom. The van der Waals surface area contributed by atoms with E-state index in [0.29, 0.717) is 0 Å². The van der Waals surface area contributed by atoms with Crippen LogP contribution < -0.4 is 0 Å². The van der Waals surface area contributed by atoms with Crippen molar-refractivity contribution in [3.8, 4) is 0 Å². The molecule has 0 amide bonds. The molecule has 2 rings (SSSR count). The molecule has 1 nitrogen and oxygen atoms in total. The van der Waals surface area contributed by atoms with Gasteiger partial charge in [-0.05, 0) is 18.6 Å². The minimum absolute atomic E-state index is 1.11. The zero-order valence-electron chi connectivity index (χ0n) is 9.43. The Bertz CT molecular complexity index is 392. The number of nitrogens with zero attached hydrogens (tertiary/aromatic N) is 1. The molecule has 1 aromatic rings. The standard InChI is InChI=1S/C12H17NS3/c1-2-3-6-9-15-16(14)10-13-11-7-4-5-8-12(11)16/h4-5,7-8,10,14H,2-3,6,9H2,1H3. The maximum atomic E-state index is 4.86. The molecule has 1 aliphatic rings. The largest absolute Gasteiger partial charge is 0.248 e. The van der Waals surface area contributed by atoms with Gasteiger partial charge in [0.2, 0.25) is 0 Å². The Morgan fingerprint density at radius 3 is 2.94 bits per heavy atom. The van der Waals surface area contributed by atoms with E-state index in [4.69, 9.17) is 11.7 Å². The molecule has 0 fully saturated rings. The first-order valence-electron chi connectivity index (χ1n) is 5.59. The second-order valence-corrected chi connectivity index (χ2v) is 11.0. The summed E-state index contributed by atoms with van der Waals surface area (Å²) in [5, 5.41) is 0. The molecule has 88 valence electrons. The van der Waals surface area contributed by atoms with Gasteiger partial charge in [0.05, 0.1) is 11.2 Å². The van der Waals surface area contributed by atoms with Crippen LogP contribution >= 0.6 is 30.5 Å². The van der Waals surface area contributed by atoms with E-state index < -0.39 is 8.09 Å². The van der Waals surface area contributed by atoms with Gasteiger partial charge in [-0.3, -0.25) is 0 Å². The molecular formula is C12H17NS3. The SMILES string of the molecule is CCCCCSS1(S)C=Nc2ccccc21. The van der Waals surface area contributed by atoms with Gasteiger partial charge in [0.15, 0.2) is 0 Å². The fourth-order valence-electron chi connectivity index (χ4n) is 1.63. The minimum Gasteiger partial charge on any atom is -0.248 e. The van der Waals surface area contributed by atoms with E-state index >= 15 is 0 Å². The van der Waals surface area contributed by atoms with Gasteiger partial charge >= 0.3 is 0 Å². The van der Waals surface area contributed by atoms with Gasteiger partial charge in [-0.2, -0.15) is 0 Å². The molecule has 0 saturated carbocycles. The maximum absolute atomic E-state index is 4.86. The predicted molar refractivity (Wildman–Crippen MR) is 81.4 cm³/mol. The van der Waals surface area contributed by atoms with Crippen molar-refractivity contribution in [2.45, 2.75) is 31.1 Å². The number of fused-ring (bicyclic) bond motifs is 1. The van der Waals surface area contributed by atoms with Crippen LogP contribution in [0.25, 0.3) is 0 Å². The quantitative estimate of drug-likeness (QED) is 0.440. The zero-order valence-corrected chi connectivity index (χ0v) is 12.0. The average Bonchev–Trinajstić information content (AvgIpc) is 2.64. The van der Waals surface area contributed by atoms with Gasteiger partial charge in [-0.1, -0.05) is 50.8 Å². The second kappa shape index (κ2) is 5.52. The van der Waals surface area contributed by atoms with Crippen LogP contribution in [0.2, 0.25) is 0 Å². The van der Waals surface area contributed by atoms with Crippen LogP contribution in [0.3, 0.4) is 0 Å². The van der Waals surface area contributed by atoms with Crippen LogP contribution in [0.4, 0.5) is 5.69 Å². The summed E-state index contributed by atoms with van der Waals surface area (Å²) >= 11 is 4.86. The van der Waals surface area contributed by atoms with Crippen LogP contribution in [0.1, 0.15) is 26.2 Å². The van der Waals surface area contributed by atoms with E-state index in [9.17, 15) is 0 Å². The van der Waals surface area contributed by atoms with Crippen molar-refractivity contribution in [3.05, 3.63) is 24.3 Å². The van der Waals surface area contributed by atoms with Gasteiger partial charge in [0.25, 0.3) is 0 Å². The lowest BCUT2D eigenvalue weighted by molar-refractivity contribution is 0.779. The molecular weight excluding hydrogens is 254 g/mol. The molecule has 0 spiro atoms. The van der Waals surface area contributed by atoms with E-state index in [2.05, 4.69) is 35.7 Å². The smallest absolute Gasteiger partial charge is 0.0775 e. The highest BCUT2D eigenvalue weighted by atomic mass is 33.5. The number of unbranched alkanes of at least 4 members (excludes halogenated alkanes) is 2. The molecule has 16 heavy (non-hydrogen) atoms. The van der Waals surface area contributed by atoms with Gasteiger partial charge in [0.1, 0.15) is 0 Å². The molecule has 1 unspecified atom stereocenters. The summed E-state index contributed by atoms with van der Waals surface area (Å²) < 4.78 is 0. The molecule has 4 heteroatoms.